The third-order valence-electron chi connectivity index (χ3n) is 4.79. The third-order valence-corrected chi connectivity index (χ3v) is 4.79. The fraction of sp³-hybridized carbons (Fsp3) is 0.471. The molecule has 0 spiro atoms. The molecule has 140 valence electrons. The number of aryl methyl sites for hydroxylation is 2. The van der Waals surface area contributed by atoms with Crippen LogP contribution < -0.4 is 4.74 Å². The molecular formula is C17H22N4O5. The van der Waals surface area contributed by atoms with Crippen molar-refractivity contribution in [1.29, 1.82) is 0 Å². The topological polar surface area (TPSA) is 108 Å². The Morgan fingerprint density at radius 1 is 1.27 bits per heavy atom. The van der Waals surface area contributed by atoms with Gasteiger partial charge in [-0.05, 0) is 19.1 Å². The number of rotatable bonds is 4. The molecule has 0 bridgehead atoms. The van der Waals surface area contributed by atoms with Crippen molar-refractivity contribution in [1.82, 2.24) is 19.4 Å². The number of hydrogen-bond donors (Lipinski definition) is 2. The number of piperazine rings is 1. The Balaban J connectivity index is 1.63. The van der Waals surface area contributed by atoms with Crippen molar-refractivity contribution in [2.75, 3.05) is 26.2 Å². The van der Waals surface area contributed by atoms with E-state index in [1.165, 1.54) is 9.80 Å². The van der Waals surface area contributed by atoms with Gasteiger partial charge in [0.1, 0.15) is 11.6 Å². The first-order valence-corrected chi connectivity index (χ1v) is 8.40. The first-order chi connectivity index (χ1) is 12.4. The Hall–Kier alpha value is -2.97. The molecular weight excluding hydrogens is 340 g/mol. The molecule has 2 N–H and O–H groups in total. The highest BCUT2D eigenvalue weighted by molar-refractivity contribution is 5.77. The summed E-state index contributed by atoms with van der Waals surface area (Å²) in [5, 5.41) is 18.4. The molecule has 1 atom stereocenters. The highest BCUT2D eigenvalue weighted by atomic mass is 16.5. The highest BCUT2D eigenvalue weighted by Crippen LogP contribution is 2.22. The van der Waals surface area contributed by atoms with Crippen molar-refractivity contribution in [3.63, 3.8) is 0 Å². The number of hydrogen-bond acceptors (Lipinski definition) is 4. The zero-order chi connectivity index (χ0) is 18.8. The van der Waals surface area contributed by atoms with Crippen LogP contribution in [0.25, 0.3) is 11.0 Å². The Morgan fingerprint density at radius 3 is 2.73 bits per heavy atom. The van der Waals surface area contributed by atoms with E-state index in [9.17, 15) is 14.7 Å². The van der Waals surface area contributed by atoms with Gasteiger partial charge >= 0.3 is 12.2 Å². The van der Waals surface area contributed by atoms with E-state index >= 15 is 0 Å². The number of aromatic nitrogens is 2. The molecule has 9 nitrogen and oxygen atoms in total. The average molecular weight is 362 g/mol. The first kappa shape index (κ1) is 17.8. The minimum absolute atomic E-state index is 0.156. The number of fused-ring (bicyclic) bond motifs is 1. The van der Waals surface area contributed by atoms with Crippen LogP contribution in [0, 0.1) is 6.92 Å². The predicted octanol–water partition coefficient (Wildman–Crippen LogP) is 1.99. The number of imidazole rings is 1. The van der Waals surface area contributed by atoms with Crippen molar-refractivity contribution < 1.29 is 24.5 Å². The van der Waals surface area contributed by atoms with E-state index in [4.69, 9.17) is 9.84 Å². The van der Waals surface area contributed by atoms with Crippen LogP contribution in [0.4, 0.5) is 9.59 Å². The van der Waals surface area contributed by atoms with Gasteiger partial charge in [-0.2, -0.15) is 0 Å². The van der Waals surface area contributed by atoms with Gasteiger partial charge in [-0.1, -0.05) is 0 Å². The average Bonchev–Trinajstić information content (AvgIpc) is 2.88. The summed E-state index contributed by atoms with van der Waals surface area (Å²) in [5.74, 6) is 1.56. The Kier molecular flexibility index (Phi) is 4.88. The summed E-state index contributed by atoms with van der Waals surface area (Å²) in [6.45, 7) is 2.74. The molecule has 1 saturated heterocycles. The van der Waals surface area contributed by atoms with E-state index in [2.05, 4.69) is 4.98 Å². The molecule has 2 amide bonds. The van der Waals surface area contributed by atoms with E-state index in [0.29, 0.717) is 18.8 Å². The summed E-state index contributed by atoms with van der Waals surface area (Å²) in [6, 6.07) is 5.21. The van der Waals surface area contributed by atoms with Crippen LogP contribution in [0.2, 0.25) is 0 Å². The summed E-state index contributed by atoms with van der Waals surface area (Å²) in [5.41, 5.74) is 1.85. The summed E-state index contributed by atoms with van der Waals surface area (Å²) in [6.07, 6.45) is -1.66. The van der Waals surface area contributed by atoms with Gasteiger partial charge in [0.15, 0.2) is 0 Å². The molecule has 1 aliphatic rings. The Bertz CT molecular complexity index is 834. The SMILES string of the molecule is Cc1nc2cc(OCC[C@@H]3CN(C(=O)O)CCN3C(=O)O)ccc2n1C. The normalized spacial score (nSPS) is 17.5. The molecule has 0 unspecified atom stereocenters. The summed E-state index contributed by atoms with van der Waals surface area (Å²) < 4.78 is 7.75. The van der Waals surface area contributed by atoms with Crippen LogP contribution in [0.5, 0.6) is 5.75 Å². The maximum Gasteiger partial charge on any atom is 0.407 e. The number of benzene rings is 1. The van der Waals surface area contributed by atoms with Crippen molar-refractivity contribution in [2.45, 2.75) is 19.4 Å². The molecule has 2 aromatic rings. The zero-order valence-corrected chi connectivity index (χ0v) is 14.8. The first-order valence-electron chi connectivity index (χ1n) is 8.40. The molecule has 2 heterocycles. The monoisotopic (exact) mass is 362 g/mol. The van der Waals surface area contributed by atoms with Gasteiger partial charge in [-0.3, -0.25) is 0 Å². The minimum atomic E-state index is -1.04. The van der Waals surface area contributed by atoms with Gasteiger partial charge in [-0.15, -0.1) is 0 Å². The Labute approximate surface area is 150 Å². The quantitative estimate of drug-likeness (QED) is 0.861. The number of nitrogens with zero attached hydrogens (tertiary/aromatic N) is 4. The third kappa shape index (κ3) is 3.51. The maximum atomic E-state index is 11.4. The number of ether oxygens (including phenoxy) is 1. The summed E-state index contributed by atoms with van der Waals surface area (Å²) in [4.78, 5) is 29.5. The summed E-state index contributed by atoms with van der Waals surface area (Å²) in [7, 11) is 1.95. The maximum absolute atomic E-state index is 11.4. The van der Waals surface area contributed by atoms with Crippen molar-refractivity contribution in [3.8, 4) is 5.75 Å². The minimum Gasteiger partial charge on any atom is -0.493 e. The van der Waals surface area contributed by atoms with Crippen LogP contribution in [-0.2, 0) is 7.05 Å². The number of carboxylic acid groups (broad SMARTS) is 2. The molecule has 9 heteroatoms. The standard InChI is InChI=1S/C17H22N4O5/c1-11-18-14-9-13(3-4-15(14)19(11)2)26-8-5-12-10-20(16(22)23)6-7-21(12)17(24)25/h3-4,9,12H,5-8,10H2,1-2H3,(H,22,23)(H,24,25)/t12-/m1/s1. The lowest BCUT2D eigenvalue weighted by Crippen LogP contribution is -2.56. The molecule has 1 aromatic heterocycles. The van der Waals surface area contributed by atoms with E-state index in [1.807, 2.05) is 36.7 Å². The van der Waals surface area contributed by atoms with Gasteiger partial charge in [0.05, 0.1) is 23.7 Å². The van der Waals surface area contributed by atoms with Crippen LogP contribution in [0.15, 0.2) is 18.2 Å². The van der Waals surface area contributed by atoms with Gasteiger partial charge in [0, 0.05) is 39.2 Å². The van der Waals surface area contributed by atoms with E-state index in [-0.39, 0.29) is 19.6 Å². The van der Waals surface area contributed by atoms with Crippen molar-refractivity contribution in [2.24, 2.45) is 7.05 Å². The van der Waals surface area contributed by atoms with E-state index in [0.717, 1.165) is 16.9 Å². The van der Waals surface area contributed by atoms with Crippen molar-refractivity contribution >= 4 is 23.2 Å². The van der Waals surface area contributed by atoms with Crippen molar-refractivity contribution in [3.05, 3.63) is 24.0 Å². The lowest BCUT2D eigenvalue weighted by atomic mass is 10.1. The van der Waals surface area contributed by atoms with Gasteiger partial charge < -0.3 is 29.3 Å². The molecule has 26 heavy (non-hydrogen) atoms. The second kappa shape index (κ2) is 7.11. The van der Waals surface area contributed by atoms with Gasteiger partial charge in [-0.25, -0.2) is 14.6 Å². The molecule has 1 aromatic carbocycles. The molecule has 1 aliphatic heterocycles. The second-order valence-electron chi connectivity index (χ2n) is 6.36. The van der Waals surface area contributed by atoms with Gasteiger partial charge in [0.2, 0.25) is 0 Å². The lowest BCUT2D eigenvalue weighted by molar-refractivity contribution is 0.0562. The van der Waals surface area contributed by atoms with Crippen LogP contribution >= 0.6 is 0 Å². The molecule has 1 fully saturated rings. The number of amides is 2. The molecule has 3 rings (SSSR count). The lowest BCUT2D eigenvalue weighted by Gasteiger charge is -2.38. The predicted molar refractivity (Wildman–Crippen MR) is 93.7 cm³/mol. The Morgan fingerprint density at radius 2 is 2.04 bits per heavy atom. The number of carbonyl (C=O) groups is 2. The fourth-order valence-electron chi connectivity index (χ4n) is 3.23. The van der Waals surface area contributed by atoms with Crippen LogP contribution in [-0.4, -0.2) is 74.0 Å². The van der Waals surface area contributed by atoms with Crippen LogP contribution in [0.1, 0.15) is 12.2 Å². The summed E-state index contributed by atoms with van der Waals surface area (Å²) >= 11 is 0. The largest absolute Gasteiger partial charge is 0.493 e. The van der Waals surface area contributed by atoms with Crippen LogP contribution in [0.3, 0.4) is 0 Å². The second-order valence-corrected chi connectivity index (χ2v) is 6.36. The van der Waals surface area contributed by atoms with Gasteiger partial charge in [0.25, 0.3) is 0 Å². The van der Waals surface area contributed by atoms with E-state index in [1.54, 1.807) is 0 Å². The van der Waals surface area contributed by atoms with E-state index < -0.39 is 18.2 Å². The zero-order valence-electron chi connectivity index (χ0n) is 14.8. The fourth-order valence-corrected chi connectivity index (χ4v) is 3.23. The molecule has 0 radical (unpaired) electrons. The smallest absolute Gasteiger partial charge is 0.407 e. The molecule has 0 saturated carbocycles. The molecule has 0 aliphatic carbocycles. The highest BCUT2D eigenvalue weighted by Gasteiger charge is 2.32.